The Bertz CT molecular complexity index is 909. The van der Waals surface area contributed by atoms with Crippen LogP contribution in [0, 0.1) is 6.92 Å². The standard InChI is InChI=1S/C19H25N7/c1-12(2)26-11-21-16-17(22-14-6-4-5-13(3)9-14)24-19(25-18(16)26)23-15-7-8-20-10-15/h4-6,9,11-12,15,20H,7-8,10H2,1-3H3,(H2,22,23,24,25)/t15-/m0/s1. The Morgan fingerprint density at radius 3 is 2.88 bits per heavy atom. The summed E-state index contributed by atoms with van der Waals surface area (Å²) >= 11 is 0. The number of aryl methyl sites for hydroxylation is 1. The number of fused-ring (bicyclic) bond motifs is 1. The van der Waals surface area contributed by atoms with E-state index in [4.69, 9.17) is 9.97 Å². The Balaban J connectivity index is 1.75. The molecule has 1 fully saturated rings. The molecule has 4 rings (SSSR count). The van der Waals surface area contributed by atoms with Crippen molar-refractivity contribution in [2.75, 3.05) is 23.7 Å². The van der Waals surface area contributed by atoms with Gasteiger partial charge in [0.15, 0.2) is 17.0 Å². The molecule has 0 bridgehead atoms. The van der Waals surface area contributed by atoms with Crippen LogP contribution in [0.3, 0.4) is 0 Å². The van der Waals surface area contributed by atoms with Gasteiger partial charge in [-0.25, -0.2) is 4.98 Å². The Morgan fingerprint density at radius 1 is 1.27 bits per heavy atom. The third kappa shape index (κ3) is 3.35. The van der Waals surface area contributed by atoms with Crippen LogP contribution in [0.15, 0.2) is 30.6 Å². The zero-order chi connectivity index (χ0) is 18.1. The number of aromatic nitrogens is 4. The second-order valence-electron chi connectivity index (χ2n) is 7.14. The minimum absolute atomic E-state index is 0.280. The van der Waals surface area contributed by atoms with Gasteiger partial charge < -0.3 is 20.5 Å². The molecule has 0 aliphatic carbocycles. The highest BCUT2D eigenvalue weighted by molar-refractivity contribution is 5.86. The first-order valence-corrected chi connectivity index (χ1v) is 9.15. The normalized spacial score (nSPS) is 17.2. The van der Waals surface area contributed by atoms with E-state index < -0.39 is 0 Å². The van der Waals surface area contributed by atoms with Crippen LogP contribution >= 0.6 is 0 Å². The molecule has 1 aromatic carbocycles. The van der Waals surface area contributed by atoms with Gasteiger partial charge in [-0.05, 0) is 51.4 Å². The fourth-order valence-electron chi connectivity index (χ4n) is 3.27. The molecule has 136 valence electrons. The molecule has 0 spiro atoms. The topological polar surface area (TPSA) is 79.7 Å². The molecule has 1 aliphatic rings. The van der Waals surface area contributed by atoms with Crippen molar-refractivity contribution in [3.63, 3.8) is 0 Å². The maximum atomic E-state index is 4.75. The Kier molecular flexibility index (Phi) is 4.46. The molecule has 7 heteroatoms. The second kappa shape index (κ2) is 6.92. The van der Waals surface area contributed by atoms with Crippen molar-refractivity contribution < 1.29 is 0 Å². The molecule has 0 saturated carbocycles. The third-order valence-corrected chi connectivity index (χ3v) is 4.65. The summed E-state index contributed by atoms with van der Waals surface area (Å²) in [5.41, 5.74) is 3.83. The molecular formula is C19H25N7. The molecule has 1 saturated heterocycles. The lowest BCUT2D eigenvalue weighted by atomic mass is 10.2. The first-order chi connectivity index (χ1) is 12.6. The largest absolute Gasteiger partial charge is 0.350 e. The lowest BCUT2D eigenvalue weighted by molar-refractivity contribution is 0.612. The van der Waals surface area contributed by atoms with Crippen LogP contribution in [0.4, 0.5) is 17.5 Å². The SMILES string of the molecule is Cc1cccc(Nc2nc(N[C@H]3CCNC3)nc3c2ncn3C(C)C)c1. The van der Waals surface area contributed by atoms with E-state index in [0.717, 1.165) is 42.2 Å². The van der Waals surface area contributed by atoms with E-state index in [9.17, 15) is 0 Å². The lowest BCUT2D eigenvalue weighted by Gasteiger charge is -2.15. The van der Waals surface area contributed by atoms with Crippen LogP contribution in [0.25, 0.3) is 11.2 Å². The minimum atomic E-state index is 0.280. The second-order valence-corrected chi connectivity index (χ2v) is 7.14. The van der Waals surface area contributed by atoms with Gasteiger partial charge in [-0.15, -0.1) is 0 Å². The van der Waals surface area contributed by atoms with E-state index in [1.54, 1.807) is 0 Å². The van der Waals surface area contributed by atoms with Crippen molar-refractivity contribution >= 4 is 28.6 Å². The van der Waals surface area contributed by atoms with E-state index in [2.05, 4.69) is 58.4 Å². The van der Waals surface area contributed by atoms with Crippen LogP contribution in [-0.4, -0.2) is 38.7 Å². The summed E-state index contributed by atoms with van der Waals surface area (Å²) in [5.74, 6) is 1.37. The molecule has 1 atom stereocenters. The summed E-state index contributed by atoms with van der Waals surface area (Å²) in [6.45, 7) is 8.30. The minimum Gasteiger partial charge on any atom is -0.350 e. The van der Waals surface area contributed by atoms with Gasteiger partial charge in [-0.3, -0.25) is 0 Å². The number of benzene rings is 1. The van der Waals surface area contributed by atoms with Gasteiger partial charge in [0.05, 0.1) is 6.33 Å². The molecule has 0 radical (unpaired) electrons. The summed E-state index contributed by atoms with van der Waals surface area (Å²) in [6.07, 6.45) is 2.91. The first-order valence-electron chi connectivity index (χ1n) is 9.15. The van der Waals surface area contributed by atoms with Crippen molar-refractivity contribution in [1.29, 1.82) is 0 Å². The van der Waals surface area contributed by atoms with Crippen LogP contribution in [-0.2, 0) is 0 Å². The predicted octanol–water partition coefficient (Wildman–Crippen LogP) is 3.23. The average molecular weight is 351 g/mol. The molecule has 1 aliphatic heterocycles. The van der Waals surface area contributed by atoms with E-state index in [1.165, 1.54) is 5.56 Å². The van der Waals surface area contributed by atoms with Crippen molar-refractivity contribution in [1.82, 2.24) is 24.8 Å². The number of anilines is 3. The number of rotatable bonds is 5. The number of hydrogen-bond donors (Lipinski definition) is 3. The van der Waals surface area contributed by atoms with Crippen molar-refractivity contribution in [2.45, 2.75) is 39.3 Å². The van der Waals surface area contributed by atoms with Gasteiger partial charge in [0.2, 0.25) is 5.95 Å². The number of nitrogens with one attached hydrogen (secondary N) is 3. The first kappa shape index (κ1) is 16.8. The van der Waals surface area contributed by atoms with E-state index in [1.807, 2.05) is 18.5 Å². The monoisotopic (exact) mass is 351 g/mol. The summed E-state index contributed by atoms with van der Waals surface area (Å²) in [5, 5.41) is 10.2. The maximum Gasteiger partial charge on any atom is 0.227 e. The Labute approximate surface area is 153 Å². The molecule has 0 amide bonds. The molecule has 26 heavy (non-hydrogen) atoms. The zero-order valence-electron chi connectivity index (χ0n) is 15.5. The van der Waals surface area contributed by atoms with Crippen LogP contribution in [0.2, 0.25) is 0 Å². The number of hydrogen-bond acceptors (Lipinski definition) is 6. The van der Waals surface area contributed by atoms with Crippen LogP contribution in [0.5, 0.6) is 0 Å². The van der Waals surface area contributed by atoms with Gasteiger partial charge in [-0.2, -0.15) is 9.97 Å². The van der Waals surface area contributed by atoms with Crippen molar-refractivity contribution in [3.05, 3.63) is 36.2 Å². The van der Waals surface area contributed by atoms with Gasteiger partial charge >= 0.3 is 0 Å². The van der Waals surface area contributed by atoms with Crippen molar-refractivity contribution in [2.24, 2.45) is 0 Å². The molecule has 3 heterocycles. The van der Waals surface area contributed by atoms with Gasteiger partial charge in [0.25, 0.3) is 0 Å². The summed E-state index contributed by atoms with van der Waals surface area (Å²) in [6, 6.07) is 8.88. The van der Waals surface area contributed by atoms with Crippen molar-refractivity contribution in [3.8, 4) is 0 Å². The fourth-order valence-corrected chi connectivity index (χ4v) is 3.27. The molecule has 3 aromatic rings. The highest BCUT2D eigenvalue weighted by atomic mass is 15.2. The quantitative estimate of drug-likeness (QED) is 0.655. The number of nitrogens with zero attached hydrogens (tertiary/aromatic N) is 4. The summed E-state index contributed by atoms with van der Waals surface area (Å²) in [4.78, 5) is 14.0. The molecule has 3 N–H and O–H groups in total. The smallest absolute Gasteiger partial charge is 0.227 e. The van der Waals surface area contributed by atoms with Crippen LogP contribution < -0.4 is 16.0 Å². The average Bonchev–Trinajstić information content (AvgIpc) is 3.24. The fraction of sp³-hybridized carbons (Fsp3) is 0.421. The molecule has 7 nitrogen and oxygen atoms in total. The Morgan fingerprint density at radius 2 is 2.15 bits per heavy atom. The van der Waals surface area contributed by atoms with Crippen LogP contribution in [0.1, 0.15) is 31.9 Å². The zero-order valence-corrected chi connectivity index (χ0v) is 15.5. The van der Waals surface area contributed by atoms with Gasteiger partial charge in [0.1, 0.15) is 0 Å². The van der Waals surface area contributed by atoms with E-state index >= 15 is 0 Å². The Hall–Kier alpha value is -2.67. The highest BCUT2D eigenvalue weighted by Gasteiger charge is 2.19. The molecule has 2 aromatic heterocycles. The maximum absolute atomic E-state index is 4.75. The molecular weight excluding hydrogens is 326 g/mol. The van der Waals surface area contributed by atoms with Gasteiger partial charge in [-0.1, -0.05) is 12.1 Å². The predicted molar refractivity (Wildman–Crippen MR) is 105 cm³/mol. The molecule has 0 unspecified atom stereocenters. The van der Waals surface area contributed by atoms with Gasteiger partial charge in [0, 0.05) is 24.3 Å². The summed E-state index contributed by atoms with van der Waals surface area (Å²) < 4.78 is 2.08. The highest BCUT2D eigenvalue weighted by Crippen LogP contribution is 2.26. The van der Waals surface area contributed by atoms with E-state index in [-0.39, 0.29) is 6.04 Å². The third-order valence-electron chi connectivity index (χ3n) is 4.65. The lowest BCUT2D eigenvalue weighted by Crippen LogP contribution is -2.23. The summed E-state index contributed by atoms with van der Waals surface area (Å²) in [7, 11) is 0. The van der Waals surface area contributed by atoms with E-state index in [0.29, 0.717) is 12.0 Å². The number of imidazole rings is 1.